The summed E-state index contributed by atoms with van der Waals surface area (Å²) in [5.74, 6) is 0.220. The van der Waals surface area contributed by atoms with E-state index in [1.165, 1.54) is 4.90 Å². The number of likely N-dealkylation sites (N-methyl/N-ethyl adjacent to an activating group) is 1. The fourth-order valence-electron chi connectivity index (χ4n) is 2.61. The highest BCUT2D eigenvalue weighted by atomic mass is 35.5. The van der Waals surface area contributed by atoms with Crippen LogP contribution in [0.1, 0.15) is 15.9 Å². The summed E-state index contributed by atoms with van der Waals surface area (Å²) in [5, 5.41) is 8.13. The molecule has 1 aromatic heterocycles. The largest absolute Gasteiger partial charge is 0.483 e. The number of benzene rings is 2. The smallest absolute Gasteiger partial charge is 0.260 e. The van der Waals surface area contributed by atoms with E-state index in [2.05, 4.69) is 10.4 Å². The zero-order chi connectivity index (χ0) is 21.7. The molecule has 0 unspecified atom stereocenters. The molecule has 0 saturated carbocycles. The molecule has 7 nitrogen and oxygen atoms in total. The maximum absolute atomic E-state index is 12.9. The normalized spacial score (nSPS) is 10.5. The van der Waals surface area contributed by atoms with Crippen molar-refractivity contribution in [2.75, 3.05) is 26.0 Å². The number of amides is 2. The molecule has 30 heavy (non-hydrogen) atoms. The first kappa shape index (κ1) is 21.7. The molecule has 1 N–H and O–H groups in total. The van der Waals surface area contributed by atoms with Crippen molar-refractivity contribution >= 4 is 40.8 Å². The maximum Gasteiger partial charge on any atom is 0.260 e. The second kappa shape index (κ2) is 9.65. The molecule has 3 rings (SSSR count). The first-order valence-electron chi connectivity index (χ1n) is 9.04. The lowest BCUT2D eigenvalue weighted by atomic mass is 10.2. The van der Waals surface area contributed by atoms with Gasteiger partial charge in [-0.3, -0.25) is 9.59 Å². The van der Waals surface area contributed by atoms with Gasteiger partial charge in [-0.25, -0.2) is 4.68 Å². The Morgan fingerprint density at radius 1 is 1.13 bits per heavy atom. The van der Waals surface area contributed by atoms with E-state index in [0.717, 1.165) is 5.56 Å². The van der Waals surface area contributed by atoms with E-state index >= 15 is 0 Å². The van der Waals surface area contributed by atoms with Gasteiger partial charge in [-0.1, -0.05) is 41.4 Å². The summed E-state index contributed by atoms with van der Waals surface area (Å²) in [5.41, 5.74) is 1.12. The van der Waals surface area contributed by atoms with Gasteiger partial charge in [-0.15, -0.1) is 0 Å². The Balaban J connectivity index is 1.75. The second-order valence-corrected chi connectivity index (χ2v) is 7.48. The van der Waals surface area contributed by atoms with Crippen LogP contribution >= 0.6 is 23.2 Å². The number of ether oxygens (including phenoxy) is 1. The topological polar surface area (TPSA) is 76.5 Å². The lowest BCUT2D eigenvalue weighted by Gasteiger charge is -2.14. The molecule has 156 valence electrons. The average Bonchev–Trinajstić information content (AvgIpc) is 3.14. The van der Waals surface area contributed by atoms with Gasteiger partial charge < -0.3 is 15.0 Å². The minimum atomic E-state index is -0.383. The third-order valence-corrected chi connectivity index (χ3v) is 4.86. The number of aromatic nitrogens is 2. The molecule has 0 spiro atoms. The summed E-state index contributed by atoms with van der Waals surface area (Å²) in [6.07, 6.45) is 1.58. The van der Waals surface area contributed by atoms with Gasteiger partial charge in [0.1, 0.15) is 11.6 Å². The van der Waals surface area contributed by atoms with Crippen LogP contribution in [0.15, 0.2) is 54.7 Å². The van der Waals surface area contributed by atoms with Crippen molar-refractivity contribution in [2.45, 2.75) is 6.54 Å². The van der Waals surface area contributed by atoms with Gasteiger partial charge in [-0.2, -0.15) is 5.10 Å². The number of nitrogens with zero attached hydrogens (tertiary/aromatic N) is 3. The molecule has 0 aliphatic carbocycles. The lowest BCUT2D eigenvalue weighted by molar-refractivity contribution is -0.130. The minimum Gasteiger partial charge on any atom is -0.483 e. The molecule has 0 saturated heterocycles. The van der Waals surface area contributed by atoms with Gasteiger partial charge >= 0.3 is 0 Å². The van der Waals surface area contributed by atoms with E-state index in [-0.39, 0.29) is 18.4 Å². The average molecular weight is 447 g/mol. The number of anilines is 1. The predicted molar refractivity (Wildman–Crippen MR) is 116 cm³/mol. The van der Waals surface area contributed by atoms with E-state index in [9.17, 15) is 9.59 Å². The highest BCUT2D eigenvalue weighted by Gasteiger charge is 2.16. The SMILES string of the molecule is CN(C)C(=O)COc1ccccc1C(=O)Nc1ccnn1Cc1ccc(Cl)cc1Cl. The van der Waals surface area contributed by atoms with Gasteiger partial charge in [0, 0.05) is 30.2 Å². The first-order chi connectivity index (χ1) is 14.3. The predicted octanol–water partition coefficient (Wildman–Crippen LogP) is 3.96. The Kier molecular flexibility index (Phi) is 6.97. The van der Waals surface area contributed by atoms with Crippen LogP contribution in [0.3, 0.4) is 0 Å². The monoisotopic (exact) mass is 446 g/mol. The van der Waals surface area contributed by atoms with Crippen LogP contribution < -0.4 is 10.1 Å². The highest BCUT2D eigenvalue weighted by molar-refractivity contribution is 6.35. The first-order valence-corrected chi connectivity index (χ1v) is 9.80. The standard InChI is InChI=1S/C21H20Cl2N4O3/c1-26(2)20(28)13-30-18-6-4-3-5-16(18)21(29)25-19-9-10-24-27(19)12-14-7-8-15(22)11-17(14)23/h3-11H,12-13H2,1-2H3,(H,25,29). The number of rotatable bonds is 7. The Morgan fingerprint density at radius 2 is 1.90 bits per heavy atom. The van der Waals surface area contributed by atoms with Gasteiger partial charge in [0.2, 0.25) is 0 Å². The summed E-state index contributed by atoms with van der Waals surface area (Å²) in [7, 11) is 3.27. The molecule has 0 aliphatic heterocycles. The third kappa shape index (κ3) is 5.31. The van der Waals surface area contributed by atoms with Gasteiger partial charge in [-0.05, 0) is 29.8 Å². The molecule has 0 atom stereocenters. The number of carbonyl (C=O) groups excluding carboxylic acids is 2. The summed E-state index contributed by atoms with van der Waals surface area (Å²) in [4.78, 5) is 26.1. The zero-order valence-corrected chi connectivity index (χ0v) is 17.9. The molecule has 2 amide bonds. The van der Waals surface area contributed by atoms with Gasteiger partial charge in [0.05, 0.1) is 18.3 Å². The number of hydrogen-bond donors (Lipinski definition) is 1. The van der Waals surface area contributed by atoms with Crippen molar-refractivity contribution in [3.8, 4) is 5.75 Å². The second-order valence-electron chi connectivity index (χ2n) is 6.64. The molecule has 0 radical (unpaired) electrons. The highest BCUT2D eigenvalue weighted by Crippen LogP contribution is 2.24. The maximum atomic E-state index is 12.9. The fourth-order valence-corrected chi connectivity index (χ4v) is 3.08. The summed E-state index contributed by atoms with van der Waals surface area (Å²) in [6, 6.07) is 13.6. The lowest BCUT2D eigenvalue weighted by Crippen LogP contribution is -2.28. The molecule has 9 heteroatoms. The van der Waals surface area contributed by atoms with Crippen LogP contribution in [0.25, 0.3) is 0 Å². The van der Waals surface area contributed by atoms with Crippen LogP contribution in [0.4, 0.5) is 5.82 Å². The molecule has 0 fully saturated rings. The molecule has 2 aromatic carbocycles. The van der Waals surface area contributed by atoms with Crippen molar-refractivity contribution in [3.05, 3.63) is 75.9 Å². The Hall–Kier alpha value is -3.03. The summed E-state index contributed by atoms with van der Waals surface area (Å²) in [6.45, 7) is 0.193. The number of halogens is 2. The van der Waals surface area contributed by atoms with Crippen molar-refractivity contribution in [1.82, 2.24) is 14.7 Å². The van der Waals surface area contributed by atoms with Crippen molar-refractivity contribution in [2.24, 2.45) is 0 Å². The van der Waals surface area contributed by atoms with Crippen LogP contribution in [0.5, 0.6) is 5.75 Å². The quantitative estimate of drug-likeness (QED) is 0.595. The molecule has 3 aromatic rings. The van der Waals surface area contributed by atoms with Crippen LogP contribution in [0.2, 0.25) is 10.0 Å². The van der Waals surface area contributed by atoms with E-state index in [4.69, 9.17) is 27.9 Å². The van der Waals surface area contributed by atoms with E-state index in [0.29, 0.717) is 33.7 Å². The molecule has 0 bridgehead atoms. The Labute approximate surface area is 184 Å². The molecule has 0 aliphatic rings. The third-order valence-electron chi connectivity index (χ3n) is 4.27. The Bertz CT molecular complexity index is 1070. The number of hydrogen-bond acceptors (Lipinski definition) is 4. The van der Waals surface area contributed by atoms with E-state index in [1.807, 2.05) is 6.07 Å². The molecular weight excluding hydrogens is 427 g/mol. The van der Waals surface area contributed by atoms with Crippen LogP contribution in [-0.4, -0.2) is 47.2 Å². The number of carbonyl (C=O) groups is 2. The van der Waals surface area contributed by atoms with Crippen LogP contribution in [0, 0.1) is 0 Å². The summed E-state index contributed by atoms with van der Waals surface area (Å²) < 4.78 is 7.17. The van der Waals surface area contributed by atoms with Crippen LogP contribution in [-0.2, 0) is 11.3 Å². The minimum absolute atomic E-state index is 0.162. The molecular formula is C21H20Cl2N4O3. The van der Waals surface area contributed by atoms with Crippen molar-refractivity contribution in [3.63, 3.8) is 0 Å². The number of nitrogens with one attached hydrogen (secondary N) is 1. The van der Waals surface area contributed by atoms with Gasteiger partial charge in [0.15, 0.2) is 6.61 Å². The van der Waals surface area contributed by atoms with Gasteiger partial charge in [0.25, 0.3) is 11.8 Å². The zero-order valence-electron chi connectivity index (χ0n) is 16.4. The van der Waals surface area contributed by atoms with Crippen molar-refractivity contribution < 1.29 is 14.3 Å². The number of para-hydroxylation sites is 1. The summed E-state index contributed by atoms with van der Waals surface area (Å²) >= 11 is 12.2. The Morgan fingerprint density at radius 3 is 2.63 bits per heavy atom. The van der Waals surface area contributed by atoms with E-state index < -0.39 is 0 Å². The molecule has 1 heterocycles. The van der Waals surface area contributed by atoms with E-state index in [1.54, 1.807) is 67.4 Å². The fraction of sp³-hybridized carbons (Fsp3) is 0.190. The van der Waals surface area contributed by atoms with Crippen molar-refractivity contribution in [1.29, 1.82) is 0 Å².